The number of rotatable bonds is 11. The fraction of sp³-hybridized carbons (Fsp3) is 0.645. The molecule has 3 saturated heterocycles. The molecule has 3 heterocycles. The predicted octanol–water partition coefficient (Wildman–Crippen LogP) is 2.53. The predicted molar refractivity (Wildman–Crippen MR) is 181 cm³/mol. The van der Waals surface area contributed by atoms with E-state index in [9.17, 15) is 32.4 Å². The summed E-state index contributed by atoms with van der Waals surface area (Å²) in [5.74, 6) is -1.27. The van der Waals surface area contributed by atoms with Crippen LogP contribution in [0.4, 0.5) is 14.4 Å². The summed E-state index contributed by atoms with van der Waals surface area (Å²) in [6, 6.07) is 1.11. The van der Waals surface area contributed by atoms with Crippen LogP contribution in [0.5, 0.6) is 0 Å². The topological polar surface area (TPSA) is 184 Å². The van der Waals surface area contributed by atoms with Crippen LogP contribution in [-0.4, -0.2) is 142 Å². The third kappa shape index (κ3) is 10.3. The maximum absolute atomic E-state index is 13.4. The van der Waals surface area contributed by atoms with E-state index in [1.54, 1.807) is 21.6 Å². The number of amides is 5. The quantitative estimate of drug-likeness (QED) is 0.251. The van der Waals surface area contributed by atoms with Crippen molar-refractivity contribution in [3.63, 3.8) is 0 Å². The second-order valence-electron chi connectivity index (χ2n) is 12.2. The summed E-state index contributed by atoms with van der Waals surface area (Å²) in [6.45, 7) is 4.46. The lowest BCUT2D eigenvalue weighted by Gasteiger charge is -2.34. The van der Waals surface area contributed by atoms with Gasteiger partial charge in [0.25, 0.3) is 0 Å². The Morgan fingerprint density at radius 3 is 2.04 bits per heavy atom. The number of hydrogen-bond acceptors (Lipinski definition) is 10. The van der Waals surface area contributed by atoms with Crippen LogP contribution in [0.3, 0.4) is 0 Å². The number of benzene rings is 1. The summed E-state index contributed by atoms with van der Waals surface area (Å²) >= 11 is 12.0. The van der Waals surface area contributed by atoms with Crippen LogP contribution < -0.4 is 10.6 Å². The first-order chi connectivity index (χ1) is 23.8. The van der Waals surface area contributed by atoms with Crippen LogP contribution in [0.15, 0.2) is 23.1 Å². The zero-order valence-corrected chi connectivity index (χ0v) is 30.4. The maximum Gasteiger partial charge on any atom is 0.409 e. The highest BCUT2D eigenvalue weighted by molar-refractivity contribution is 7.89. The largest absolute Gasteiger partial charge is 0.467 e. The Morgan fingerprint density at radius 1 is 0.860 bits per heavy atom. The van der Waals surface area contributed by atoms with E-state index in [0.29, 0.717) is 71.6 Å². The van der Waals surface area contributed by atoms with E-state index in [1.165, 1.54) is 18.2 Å². The lowest BCUT2D eigenvalue weighted by atomic mass is 9.94. The van der Waals surface area contributed by atoms with E-state index < -0.39 is 46.1 Å². The molecular weight excluding hydrogens is 719 g/mol. The van der Waals surface area contributed by atoms with E-state index in [4.69, 9.17) is 37.4 Å². The average molecular weight is 764 g/mol. The van der Waals surface area contributed by atoms with Gasteiger partial charge in [-0.15, -0.1) is 0 Å². The molecule has 0 unspecified atom stereocenters. The van der Waals surface area contributed by atoms with Crippen LogP contribution in [-0.2, 0) is 33.8 Å². The second-order valence-corrected chi connectivity index (χ2v) is 14.9. The van der Waals surface area contributed by atoms with Gasteiger partial charge in [0.05, 0.1) is 31.8 Å². The number of halogens is 2. The number of esters is 1. The van der Waals surface area contributed by atoms with Gasteiger partial charge in [-0.3, -0.25) is 4.79 Å². The van der Waals surface area contributed by atoms with Crippen LogP contribution >= 0.6 is 23.2 Å². The summed E-state index contributed by atoms with van der Waals surface area (Å²) < 4.78 is 43.1. The Labute approximate surface area is 301 Å². The molecular formula is C31H44Cl2N6O10S. The zero-order chi connectivity index (χ0) is 36.4. The van der Waals surface area contributed by atoms with Crippen molar-refractivity contribution < 1.29 is 46.6 Å². The summed E-state index contributed by atoms with van der Waals surface area (Å²) in [4.78, 5) is 67.7. The van der Waals surface area contributed by atoms with Gasteiger partial charge in [-0.1, -0.05) is 23.2 Å². The summed E-state index contributed by atoms with van der Waals surface area (Å²) in [5, 5.41) is 5.48. The second kappa shape index (κ2) is 18.1. The third-order valence-corrected chi connectivity index (χ3v) is 11.2. The van der Waals surface area contributed by atoms with Crippen molar-refractivity contribution in [2.75, 3.05) is 72.7 Å². The normalized spacial score (nSPS) is 19.4. The van der Waals surface area contributed by atoms with Crippen LogP contribution in [0.1, 0.15) is 39.0 Å². The number of hydrogen-bond donors (Lipinski definition) is 2. The fourth-order valence-electron chi connectivity index (χ4n) is 6.12. The highest BCUT2D eigenvalue weighted by atomic mass is 35.5. The van der Waals surface area contributed by atoms with Gasteiger partial charge in [0.15, 0.2) is 0 Å². The van der Waals surface area contributed by atoms with Crippen molar-refractivity contribution in [1.29, 1.82) is 0 Å². The Kier molecular flexibility index (Phi) is 14.2. The standard InChI is InChI=1S/C31H44Cl2N6O10S/c1-3-48-30(43)37-12-14-38(15-13-37)31(44)49-16-8-21-6-10-36(11-7-21)29(42)34-20-25(28(41)47-2)35-27(40)26-5-4-9-39(26)50(45,46)24-18-22(32)17-23(33)19-24/h17-19,21,25-26H,3-16,20H2,1-2H3,(H,34,42)(H,35,40)/t25-,26+/m0/s1. The van der Waals surface area contributed by atoms with Crippen LogP contribution in [0.2, 0.25) is 10.0 Å². The fourth-order valence-corrected chi connectivity index (χ4v) is 8.51. The number of sulfonamides is 1. The maximum atomic E-state index is 13.4. The Hall–Kier alpha value is -3.54. The molecule has 4 rings (SSSR count). The first kappa shape index (κ1) is 39.2. The van der Waals surface area contributed by atoms with Gasteiger partial charge in [-0.2, -0.15) is 4.31 Å². The van der Waals surface area contributed by atoms with Crippen molar-refractivity contribution >= 4 is 63.3 Å². The SMILES string of the molecule is CCOC(=O)N1CCN(C(=O)OCCC2CCN(C(=O)NC[C@H](NC(=O)[C@H]3CCCN3S(=O)(=O)c3cc(Cl)cc(Cl)c3)C(=O)OC)CC2)CC1. The lowest BCUT2D eigenvalue weighted by Crippen LogP contribution is -2.55. The van der Waals surface area contributed by atoms with Gasteiger partial charge < -0.3 is 39.5 Å². The highest BCUT2D eigenvalue weighted by Gasteiger charge is 2.41. The number of ether oxygens (including phenoxy) is 3. The van der Waals surface area contributed by atoms with E-state index >= 15 is 0 Å². The van der Waals surface area contributed by atoms with Crippen molar-refractivity contribution in [3.05, 3.63) is 28.2 Å². The number of piperazine rings is 1. The molecule has 0 bridgehead atoms. The molecule has 0 radical (unpaired) electrons. The smallest absolute Gasteiger partial charge is 0.409 e. The van der Waals surface area contributed by atoms with E-state index in [-0.39, 0.29) is 53.1 Å². The van der Waals surface area contributed by atoms with Gasteiger partial charge >= 0.3 is 24.2 Å². The van der Waals surface area contributed by atoms with Gasteiger partial charge in [0, 0.05) is 55.9 Å². The van der Waals surface area contributed by atoms with Gasteiger partial charge in [-0.25, -0.2) is 27.6 Å². The number of nitrogens with one attached hydrogen (secondary N) is 2. The van der Waals surface area contributed by atoms with Crippen molar-refractivity contribution in [2.24, 2.45) is 5.92 Å². The summed E-state index contributed by atoms with van der Waals surface area (Å²) in [5.41, 5.74) is 0. The van der Waals surface area contributed by atoms with Crippen molar-refractivity contribution in [2.45, 2.75) is 56.0 Å². The number of urea groups is 1. The van der Waals surface area contributed by atoms with Crippen molar-refractivity contribution in [1.82, 2.24) is 29.6 Å². The lowest BCUT2D eigenvalue weighted by molar-refractivity contribution is -0.145. The molecule has 1 aromatic rings. The molecule has 3 fully saturated rings. The molecule has 19 heteroatoms. The Bertz CT molecular complexity index is 1480. The molecule has 50 heavy (non-hydrogen) atoms. The minimum atomic E-state index is -4.14. The average Bonchev–Trinajstić information content (AvgIpc) is 3.61. The number of methoxy groups -OCH3 is 1. The Balaban J connectivity index is 1.20. The molecule has 2 N–H and O–H groups in total. The molecule has 2 atom stereocenters. The van der Waals surface area contributed by atoms with Crippen molar-refractivity contribution in [3.8, 4) is 0 Å². The minimum Gasteiger partial charge on any atom is -0.467 e. The molecule has 0 saturated carbocycles. The Morgan fingerprint density at radius 2 is 1.46 bits per heavy atom. The number of carbonyl (C=O) groups is 5. The first-order valence-electron chi connectivity index (χ1n) is 16.6. The summed E-state index contributed by atoms with van der Waals surface area (Å²) in [7, 11) is -2.99. The minimum absolute atomic E-state index is 0.0818. The molecule has 0 spiro atoms. The number of nitrogens with zero attached hydrogens (tertiary/aromatic N) is 4. The molecule has 0 aliphatic carbocycles. The monoisotopic (exact) mass is 762 g/mol. The van der Waals surface area contributed by atoms with Crippen LogP contribution in [0, 0.1) is 5.92 Å². The highest BCUT2D eigenvalue weighted by Crippen LogP contribution is 2.30. The molecule has 0 aromatic heterocycles. The molecule has 278 valence electrons. The number of piperidine rings is 1. The third-order valence-electron chi connectivity index (χ3n) is 8.93. The van der Waals surface area contributed by atoms with Gasteiger partial charge in [-0.05, 0) is 63.1 Å². The van der Waals surface area contributed by atoms with Gasteiger partial charge in [0.1, 0.15) is 12.1 Å². The van der Waals surface area contributed by atoms with E-state index in [1.807, 2.05) is 0 Å². The molecule has 5 amide bonds. The summed E-state index contributed by atoms with van der Waals surface area (Å²) in [6.07, 6.45) is 1.83. The van der Waals surface area contributed by atoms with Gasteiger partial charge in [0.2, 0.25) is 15.9 Å². The molecule has 16 nitrogen and oxygen atoms in total. The van der Waals surface area contributed by atoms with E-state index in [0.717, 1.165) is 11.4 Å². The van der Waals surface area contributed by atoms with Crippen LogP contribution in [0.25, 0.3) is 0 Å². The molecule has 3 aliphatic rings. The molecule has 1 aromatic carbocycles. The zero-order valence-electron chi connectivity index (χ0n) is 28.1. The first-order valence-corrected chi connectivity index (χ1v) is 18.8. The van der Waals surface area contributed by atoms with E-state index in [2.05, 4.69) is 10.6 Å². The molecule has 3 aliphatic heterocycles. The number of likely N-dealkylation sites (tertiary alicyclic amines) is 1. The number of carbonyl (C=O) groups excluding carboxylic acids is 5.